The molecule has 0 radical (unpaired) electrons. The zero-order valence-electron chi connectivity index (χ0n) is 12.4. The van der Waals surface area contributed by atoms with Crippen molar-refractivity contribution in [2.24, 2.45) is 5.41 Å². The summed E-state index contributed by atoms with van der Waals surface area (Å²) in [6.45, 7) is 3.57. The summed E-state index contributed by atoms with van der Waals surface area (Å²) < 4.78 is 1.89. The van der Waals surface area contributed by atoms with Crippen molar-refractivity contribution in [2.75, 3.05) is 13.1 Å². The third-order valence-corrected chi connectivity index (χ3v) is 5.24. The molecule has 0 bridgehead atoms. The third kappa shape index (κ3) is 2.36. The summed E-state index contributed by atoms with van der Waals surface area (Å²) in [5.74, 6) is 1.00. The van der Waals surface area contributed by atoms with Crippen LogP contribution in [0, 0.1) is 5.41 Å². The van der Waals surface area contributed by atoms with Gasteiger partial charge in [0.2, 0.25) is 5.91 Å². The Kier molecular flexibility index (Phi) is 3.75. The van der Waals surface area contributed by atoms with Crippen LogP contribution in [0.5, 0.6) is 0 Å². The van der Waals surface area contributed by atoms with Crippen LogP contribution in [0.25, 0.3) is 0 Å². The molecular weight excluding hydrogens is 270 g/mol. The maximum atomic E-state index is 12.4. The van der Waals surface area contributed by atoms with Crippen molar-refractivity contribution >= 4 is 5.91 Å². The zero-order chi connectivity index (χ0) is 15.0. The molecule has 2 N–H and O–H groups in total. The molecule has 6 nitrogen and oxygen atoms in total. The first-order valence-corrected chi connectivity index (χ1v) is 7.70. The molecular formula is C15H23N3O3. The minimum atomic E-state index is -0.412. The molecule has 0 aromatic carbocycles. The number of hydrogen-bond donors (Lipinski definition) is 2. The number of aromatic nitrogens is 2. The Morgan fingerprint density at radius 2 is 2.05 bits per heavy atom. The van der Waals surface area contributed by atoms with E-state index in [9.17, 15) is 15.0 Å². The van der Waals surface area contributed by atoms with Gasteiger partial charge in [-0.25, -0.2) is 4.98 Å². The molecule has 1 aliphatic heterocycles. The molecule has 1 saturated carbocycles. The number of aliphatic hydroxyl groups excluding tert-OH is 2. The predicted octanol–water partition coefficient (Wildman–Crippen LogP) is 0.180. The number of nitrogens with zero attached hydrogens (tertiary/aromatic N) is 3. The van der Waals surface area contributed by atoms with Crippen LogP contribution in [0.15, 0.2) is 12.4 Å². The highest BCUT2D eigenvalue weighted by molar-refractivity contribution is 5.76. The number of carbonyl (C=O) groups excluding carboxylic acids is 1. The van der Waals surface area contributed by atoms with Crippen molar-refractivity contribution in [1.29, 1.82) is 0 Å². The summed E-state index contributed by atoms with van der Waals surface area (Å²) in [7, 11) is 0. The van der Waals surface area contributed by atoms with Gasteiger partial charge in [0.25, 0.3) is 0 Å². The maximum absolute atomic E-state index is 12.4. The first kappa shape index (κ1) is 14.5. The van der Waals surface area contributed by atoms with Gasteiger partial charge in [-0.05, 0) is 12.8 Å². The number of aryl methyl sites for hydroxylation is 1. The molecule has 2 aliphatic rings. The van der Waals surface area contributed by atoms with E-state index < -0.39 is 12.2 Å². The van der Waals surface area contributed by atoms with Crippen LogP contribution in [0.2, 0.25) is 0 Å². The van der Waals surface area contributed by atoms with Gasteiger partial charge in [-0.3, -0.25) is 4.79 Å². The molecule has 21 heavy (non-hydrogen) atoms. The quantitative estimate of drug-likeness (QED) is 0.833. The Hall–Kier alpha value is -1.40. The van der Waals surface area contributed by atoms with Gasteiger partial charge in [-0.15, -0.1) is 0 Å². The van der Waals surface area contributed by atoms with Crippen molar-refractivity contribution in [3.8, 4) is 0 Å². The lowest BCUT2D eigenvalue weighted by Crippen LogP contribution is -2.62. The minimum absolute atomic E-state index is 0.0841. The number of amides is 1. The first-order chi connectivity index (χ1) is 10.1. The van der Waals surface area contributed by atoms with Crippen molar-refractivity contribution in [2.45, 2.75) is 51.4 Å². The molecule has 1 aliphatic carbocycles. The smallest absolute Gasteiger partial charge is 0.242 e. The largest absolute Gasteiger partial charge is 0.392 e. The predicted molar refractivity (Wildman–Crippen MR) is 76.5 cm³/mol. The minimum Gasteiger partial charge on any atom is -0.392 e. The van der Waals surface area contributed by atoms with Crippen molar-refractivity contribution < 1.29 is 15.0 Å². The molecule has 1 saturated heterocycles. The summed E-state index contributed by atoms with van der Waals surface area (Å²) >= 11 is 0. The molecule has 2 unspecified atom stereocenters. The van der Waals surface area contributed by atoms with E-state index in [1.165, 1.54) is 0 Å². The first-order valence-electron chi connectivity index (χ1n) is 7.70. The molecule has 6 heteroatoms. The second kappa shape index (κ2) is 5.42. The highest BCUT2D eigenvalue weighted by Gasteiger charge is 2.55. The zero-order valence-corrected chi connectivity index (χ0v) is 12.4. The van der Waals surface area contributed by atoms with Crippen molar-refractivity contribution in [3.05, 3.63) is 18.2 Å². The van der Waals surface area contributed by atoms with Crippen molar-refractivity contribution in [3.63, 3.8) is 0 Å². The molecule has 1 aromatic heterocycles. The average molecular weight is 293 g/mol. The standard InChI is InChI=1S/C15H23N3O3/c1-2-13-16-5-8-18(13)10-14(21)17-6-3-15(4-7-17)11(19)9-12(15)20/h5,8,11-12,19-20H,2-4,6-7,9-10H2,1H3. The van der Waals surface area contributed by atoms with E-state index in [0.29, 0.717) is 38.9 Å². The van der Waals surface area contributed by atoms with E-state index in [1.807, 2.05) is 22.6 Å². The van der Waals surface area contributed by atoms with E-state index >= 15 is 0 Å². The molecule has 2 heterocycles. The van der Waals surface area contributed by atoms with Gasteiger partial charge in [0.05, 0.1) is 12.2 Å². The molecule has 2 fully saturated rings. The van der Waals surface area contributed by atoms with Gasteiger partial charge in [-0.1, -0.05) is 6.92 Å². The van der Waals surface area contributed by atoms with E-state index in [0.717, 1.165) is 12.2 Å². The van der Waals surface area contributed by atoms with E-state index in [-0.39, 0.29) is 11.3 Å². The normalized spacial score (nSPS) is 27.7. The van der Waals surface area contributed by atoms with Gasteiger partial charge in [-0.2, -0.15) is 0 Å². The van der Waals surface area contributed by atoms with Crippen LogP contribution in [0.1, 0.15) is 32.0 Å². The number of imidazole rings is 1. The number of hydrogen-bond acceptors (Lipinski definition) is 4. The van der Waals surface area contributed by atoms with Gasteiger partial charge in [0.15, 0.2) is 0 Å². The van der Waals surface area contributed by atoms with Gasteiger partial charge >= 0.3 is 0 Å². The van der Waals surface area contributed by atoms with Crippen LogP contribution in [-0.4, -0.2) is 55.9 Å². The average Bonchev–Trinajstić information content (AvgIpc) is 2.94. The highest BCUT2D eigenvalue weighted by atomic mass is 16.3. The molecule has 116 valence electrons. The molecule has 1 aromatic rings. The Labute approximate surface area is 124 Å². The molecule has 2 atom stereocenters. The van der Waals surface area contributed by atoms with Crippen LogP contribution in [0.3, 0.4) is 0 Å². The lowest BCUT2D eigenvalue weighted by atomic mass is 9.58. The Balaban J connectivity index is 1.58. The van der Waals surface area contributed by atoms with Crippen molar-refractivity contribution in [1.82, 2.24) is 14.5 Å². The van der Waals surface area contributed by atoms with Crippen LogP contribution in [0.4, 0.5) is 0 Å². The van der Waals surface area contributed by atoms with Gasteiger partial charge in [0.1, 0.15) is 12.4 Å². The van der Waals surface area contributed by atoms with E-state index in [1.54, 1.807) is 6.20 Å². The highest BCUT2D eigenvalue weighted by Crippen LogP contribution is 2.49. The van der Waals surface area contributed by atoms with Crippen LogP contribution < -0.4 is 0 Å². The number of rotatable bonds is 3. The monoisotopic (exact) mass is 293 g/mol. The number of aliphatic hydroxyl groups is 2. The Morgan fingerprint density at radius 1 is 1.38 bits per heavy atom. The topological polar surface area (TPSA) is 78.6 Å². The maximum Gasteiger partial charge on any atom is 0.242 e. The SMILES string of the molecule is CCc1nccn1CC(=O)N1CCC2(CC1)C(O)CC2O. The summed E-state index contributed by atoms with van der Waals surface area (Å²) in [6, 6.07) is 0. The molecule has 3 rings (SSSR count). The van der Waals surface area contributed by atoms with Crippen LogP contribution in [-0.2, 0) is 17.8 Å². The fourth-order valence-corrected chi connectivity index (χ4v) is 3.63. The van der Waals surface area contributed by atoms with Gasteiger partial charge in [0, 0.05) is 43.7 Å². The second-order valence-corrected chi connectivity index (χ2v) is 6.21. The third-order valence-electron chi connectivity index (χ3n) is 5.24. The summed E-state index contributed by atoms with van der Waals surface area (Å²) in [5.41, 5.74) is -0.361. The lowest BCUT2D eigenvalue weighted by Gasteiger charge is -2.55. The number of likely N-dealkylation sites (tertiary alicyclic amines) is 1. The van der Waals surface area contributed by atoms with Gasteiger partial charge < -0.3 is 19.7 Å². The fraction of sp³-hybridized carbons (Fsp3) is 0.733. The summed E-state index contributed by atoms with van der Waals surface area (Å²) in [4.78, 5) is 18.4. The number of carbonyl (C=O) groups is 1. The van der Waals surface area contributed by atoms with Crippen LogP contribution >= 0.6 is 0 Å². The number of piperidine rings is 1. The summed E-state index contributed by atoms with van der Waals surface area (Å²) in [6.07, 6.45) is 5.39. The fourth-order valence-electron chi connectivity index (χ4n) is 3.63. The molecule has 1 spiro atoms. The lowest BCUT2D eigenvalue weighted by molar-refractivity contribution is -0.191. The van der Waals surface area contributed by atoms with E-state index in [2.05, 4.69) is 4.98 Å². The Morgan fingerprint density at radius 3 is 2.62 bits per heavy atom. The molecule has 1 amide bonds. The summed E-state index contributed by atoms with van der Waals surface area (Å²) in [5, 5.41) is 19.8. The van der Waals surface area contributed by atoms with E-state index in [4.69, 9.17) is 0 Å². The second-order valence-electron chi connectivity index (χ2n) is 6.21. The Bertz CT molecular complexity index is 510.